The summed E-state index contributed by atoms with van der Waals surface area (Å²) >= 11 is 12.6. The van der Waals surface area contributed by atoms with Crippen molar-refractivity contribution in [3.8, 4) is 0 Å². The fourth-order valence-electron chi connectivity index (χ4n) is 3.93. The van der Waals surface area contributed by atoms with Crippen LogP contribution in [0.3, 0.4) is 0 Å². The molecule has 148 valence electrons. The summed E-state index contributed by atoms with van der Waals surface area (Å²) in [4.78, 5) is 6.21. The summed E-state index contributed by atoms with van der Waals surface area (Å²) < 4.78 is 13.5. The van der Waals surface area contributed by atoms with Crippen molar-refractivity contribution in [3.05, 3.63) is 105 Å². The van der Waals surface area contributed by atoms with Crippen molar-refractivity contribution in [3.63, 3.8) is 0 Å². The third-order valence-corrected chi connectivity index (χ3v) is 5.80. The van der Waals surface area contributed by atoms with Gasteiger partial charge in [-0.1, -0.05) is 35.3 Å². The maximum absolute atomic E-state index is 13.5. The number of halogens is 3. The Balaban J connectivity index is 1.90. The number of aliphatic hydroxyl groups excluding tert-OH is 1. The monoisotopic (exact) mass is 428 g/mol. The molecule has 29 heavy (non-hydrogen) atoms. The van der Waals surface area contributed by atoms with Crippen LogP contribution in [0.5, 0.6) is 0 Å². The Hall–Kier alpha value is -2.40. The molecule has 0 aliphatic carbocycles. The van der Waals surface area contributed by atoms with Gasteiger partial charge in [0.2, 0.25) is 0 Å². The van der Waals surface area contributed by atoms with Crippen molar-refractivity contribution in [1.29, 1.82) is 0 Å². The first-order chi connectivity index (χ1) is 14.0. The van der Waals surface area contributed by atoms with E-state index in [1.165, 1.54) is 12.1 Å². The molecule has 0 bridgehead atoms. The predicted molar refractivity (Wildman–Crippen MR) is 114 cm³/mol. The number of hydrogen-bond acceptors (Lipinski definition) is 3. The highest BCUT2D eigenvalue weighted by atomic mass is 35.5. The molecular formula is C23H19Cl2FN2O. The molecular weight excluding hydrogens is 410 g/mol. The maximum Gasteiger partial charge on any atom is 0.123 e. The molecule has 0 radical (unpaired) electrons. The molecule has 2 heterocycles. The largest absolute Gasteiger partial charge is 0.384 e. The van der Waals surface area contributed by atoms with E-state index in [0.717, 1.165) is 22.4 Å². The molecule has 6 heteroatoms. The molecule has 0 saturated heterocycles. The van der Waals surface area contributed by atoms with Gasteiger partial charge in [0.05, 0.1) is 0 Å². The second-order valence-corrected chi connectivity index (χ2v) is 7.94. The van der Waals surface area contributed by atoms with E-state index in [-0.39, 0.29) is 11.7 Å². The van der Waals surface area contributed by atoms with E-state index < -0.39 is 6.10 Å². The second-order valence-electron chi connectivity index (χ2n) is 7.10. The molecule has 1 aliphatic rings. The van der Waals surface area contributed by atoms with E-state index in [0.29, 0.717) is 22.2 Å². The fraction of sp³-hybridized carbons (Fsp3) is 0.174. The lowest BCUT2D eigenvalue weighted by Crippen LogP contribution is -2.15. The van der Waals surface area contributed by atoms with Crippen molar-refractivity contribution < 1.29 is 9.50 Å². The number of likely N-dealkylation sites (N-methyl/N-ethyl adjacent to an activating group) is 1. The Morgan fingerprint density at radius 3 is 2.55 bits per heavy atom. The van der Waals surface area contributed by atoms with Crippen molar-refractivity contribution in [2.24, 2.45) is 0 Å². The summed E-state index contributed by atoms with van der Waals surface area (Å²) in [6, 6.07) is 15.3. The number of nitrogens with zero attached hydrogens (tertiary/aromatic N) is 2. The summed E-state index contributed by atoms with van der Waals surface area (Å²) in [6.07, 6.45) is 2.43. The zero-order valence-corrected chi connectivity index (χ0v) is 17.2. The molecule has 4 rings (SSSR count). The highest BCUT2D eigenvalue weighted by Gasteiger charge is 2.36. The van der Waals surface area contributed by atoms with Crippen molar-refractivity contribution in [1.82, 2.24) is 9.88 Å². The molecule has 2 aromatic carbocycles. The summed E-state index contributed by atoms with van der Waals surface area (Å²) in [5.41, 5.74) is 4.07. The number of rotatable bonds is 4. The zero-order valence-electron chi connectivity index (χ0n) is 15.7. The lowest BCUT2D eigenvalue weighted by molar-refractivity contribution is 0.210. The van der Waals surface area contributed by atoms with E-state index >= 15 is 0 Å². The van der Waals surface area contributed by atoms with Gasteiger partial charge in [-0.25, -0.2) is 4.39 Å². The molecule has 2 unspecified atom stereocenters. The average molecular weight is 429 g/mol. The van der Waals surface area contributed by atoms with E-state index in [1.54, 1.807) is 42.7 Å². The standard InChI is InChI=1S/C23H19Cl2FN2O/c1-28-13-19(18-9-6-16(24)11-20(18)25)21(23(29)15-3-2-10-27-12-15)22(28)14-4-7-17(26)8-5-14/h2-12,19,23,29H,13H2,1H3. The highest BCUT2D eigenvalue weighted by molar-refractivity contribution is 6.35. The van der Waals surface area contributed by atoms with Crippen molar-refractivity contribution in [2.75, 3.05) is 13.6 Å². The minimum Gasteiger partial charge on any atom is -0.384 e. The predicted octanol–water partition coefficient (Wildman–Crippen LogP) is 5.70. The summed E-state index contributed by atoms with van der Waals surface area (Å²) in [5, 5.41) is 12.4. The molecule has 0 fully saturated rings. The van der Waals surface area contributed by atoms with Crippen LogP contribution in [0.15, 0.2) is 72.6 Å². The Morgan fingerprint density at radius 1 is 1.14 bits per heavy atom. The number of hydrogen-bond donors (Lipinski definition) is 1. The lowest BCUT2D eigenvalue weighted by Gasteiger charge is -2.21. The van der Waals surface area contributed by atoms with Gasteiger partial charge in [-0.05, 0) is 59.2 Å². The van der Waals surface area contributed by atoms with Gasteiger partial charge in [-0.3, -0.25) is 4.98 Å². The third-order valence-electron chi connectivity index (χ3n) is 5.24. The Kier molecular flexibility index (Phi) is 5.59. The lowest BCUT2D eigenvalue weighted by atomic mass is 9.86. The molecule has 3 aromatic rings. The minimum atomic E-state index is -0.884. The molecule has 0 saturated carbocycles. The van der Waals surface area contributed by atoms with Crippen LogP contribution in [-0.4, -0.2) is 28.6 Å². The quantitative estimate of drug-likeness (QED) is 0.578. The first-order valence-corrected chi connectivity index (χ1v) is 9.95. The van der Waals surface area contributed by atoms with Gasteiger partial charge in [0, 0.05) is 53.2 Å². The van der Waals surface area contributed by atoms with Crippen LogP contribution in [0, 0.1) is 5.82 Å². The van der Waals surface area contributed by atoms with Crippen LogP contribution in [0.4, 0.5) is 4.39 Å². The zero-order chi connectivity index (χ0) is 20.5. The van der Waals surface area contributed by atoms with E-state index in [9.17, 15) is 9.50 Å². The van der Waals surface area contributed by atoms with Gasteiger partial charge in [0.15, 0.2) is 0 Å². The highest BCUT2D eigenvalue weighted by Crippen LogP contribution is 2.47. The van der Waals surface area contributed by atoms with Gasteiger partial charge in [0.25, 0.3) is 0 Å². The third kappa shape index (κ3) is 3.88. The van der Waals surface area contributed by atoms with Gasteiger partial charge in [-0.2, -0.15) is 0 Å². The maximum atomic E-state index is 13.5. The van der Waals surface area contributed by atoms with Gasteiger partial charge < -0.3 is 10.0 Å². The summed E-state index contributed by atoms with van der Waals surface area (Å²) in [6.45, 7) is 0.626. The van der Waals surface area contributed by atoms with Crippen LogP contribution in [0.1, 0.15) is 28.7 Å². The van der Waals surface area contributed by atoms with Crippen LogP contribution >= 0.6 is 23.2 Å². The first-order valence-electron chi connectivity index (χ1n) is 9.19. The second kappa shape index (κ2) is 8.15. The SMILES string of the molecule is CN1CC(c2ccc(Cl)cc2Cl)C(C(O)c2cccnc2)=C1c1ccc(F)cc1. The molecule has 0 amide bonds. The Bertz CT molecular complexity index is 1050. The normalized spacial score (nSPS) is 17.7. The number of aromatic nitrogens is 1. The molecule has 0 spiro atoms. The van der Waals surface area contributed by atoms with Crippen molar-refractivity contribution in [2.45, 2.75) is 12.0 Å². The molecule has 1 N–H and O–H groups in total. The number of pyridine rings is 1. The number of benzene rings is 2. The molecule has 2 atom stereocenters. The van der Waals surface area contributed by atoms with Gasteiger partial charge in [0.1, 0.15) is 11.9 Å². The molecule has 1 aliphatic heterocycles. The topological polar surface area (TPSA) is 36.4 Å². The smallest absolute Gasteiger partial charge is 0.123 e. The molecule has 1 aromatic heterocycles. The summed E-state index contributed by atoms with van der Waals surface area (Å²) in [5.74, 6) is -0.457. The van der Waals surface area contributed by atoms with E-state index in [2.05, 4.69) is 9.88 Å². The van der Waals surface area contributed by atoms with Gasteiger partial charge in [-0.15, -0.1) is 0 Å². The minimum absolute atomic E-state index is 0.153. The van der Waals surface area contributed by atoms with Crippen LogP contribution < -0.4 is 0 Å². The van der Waals surface area contributed by atoms with E-state index in [4.69, 9.17) is 23.2 Å². The number of aliphatic hydroxyl groups is 1. The van der Waals surface area contributed by atoms with Crippen LogP contribution in [0.2, 0.25) is 10.0 Å². The summed E-state index contributed by atoms with van der Waals surface area (Å²) in [7, 11) is 1.96. The molecule has 3 nitrogen and oxygen atoms in total. The Morgan fingerprint density at radius 2 is 1.90 bits per heavy atom. The Labute approximate surface area is 179 Å². The van der Waals surface area contributed by atoms with Crippen LogP contribution in [0.25, 0.3) is 5.70 Å². The van der Waals surface area contributed by atoms with E-state index in [1.807, 2.05) is 19.2 Å². The first kappa shape index (κ1) is 19.9. The van der Waals surface area contributed by atoms with Crippen LogP contribution in [-0.2, 0) is 0 Å². The average Bonchev–Trinajstić information content (AvgIpc) is 3.05. The van der Waals surface area contributed by atoms with Crippen molar-refractivity contribution >= 4 is 28.9 Å². The fourth-order valence-corrected chi connectivity index (χ4v) is 4.47. The van der Waals surface area contributed by atoms with Gasteiger partial charge >= 0.3 is 0 Å².